The number of carboxylic acids is 1. The largest absolute Gasteiger partial charge is 0.492 e. The quantitative estimate of drug-likeness (QED) is 0.685. The molecule has 0 aliphatic heterocycles. The molecule has 0 aliphatic carbocycles. The maximum atomic E-state index is 11.3. The minimum atomic E-state index is -0.879. The molecule has 1 aromatic rings. The molecule has 1 aromatic carbocycles. The van der Waals surface area contributed by atoms with Crippen LogP contribution in [0.4, 0.5) is 0 Å². The monoisotopic (exact) mass is 251 g/mol. The van der Waals surface area contributed by atoms with Crippen LogP contribution < -0.4 is 10.1 Å². The van der Waals surface area contributed by atoms with Crippen LogP contribution in [0, 0.1) is 0 Å². The van der Waals surface area contributed by atoms with Crippen LogP contribution in [0.3, 0.4) is 0 Å². The van der Waals surface area contributed by atoms with E-state index in [2.05, 4.69) is 5.32 Å². The van der Waals surface area contributed by atoms with Crippen molar-refractivity contribution in [2.45, 2.75) is 19.3 Å². The normalized spacial score (nSPS) is 9.78. The Balaban J connectivity index is 2.04. The second-order valence-corrected chi connectivity index (χ2v) is 3.76. The molecule has 0 aliphatic rings. The summed E-state index contributed by atoms with van der Waals surface area (Å²) in [5, 5.41) is 11.1. The molecule has 0 saturated carbocycles. The van der Waals surface area contributed by atoms with Gasteiger partial charge in [0.1, 0.15) is 12.4 Å². The summed E-state index contributed by atoms with van der Waals surface area (Å²) in [5.74, 6) is -0.263. The smallest absolute Gasteiger partial charge is 0.303 e. The average Bonchev–Trinajstić information content (AvgIpc) is 2.35. The molecular weight excluding hydrogens is 234 g/mol. The van der Waals surface area contributed by atoms with Gasteiger partial charge in [0.25, 0.3) is 0 Å². The van der Waals surface area contributed by atoms with Crippen molar-refractivity contribution in [3.63, 3.8) is 0 Å². The molecule has 5 heteroatoms. The van der Waals surface area contributed by atoms with Gasteiger partial charge in [0.15, 0.2) is 0 Å². The third kappa shape index (κ3) is 6.52. The molecule has 1 rings (SSSR count). The van der Waals surface area contributed by atoms with Crippen LogP contribution in [0.15, 0.2) is 30.3 Å². The van der Waals surface area contributed by atoms with Crippen molar-refractivity contribution in [3.8, 4) is 5.75 Å². The second kappa shape index (κ2) is 8.11. The molecule has 0 spiro atoms. The molecule has 0 fully saturated rings. The number of carbonyl (C=O) groups excluding carboxylic acids is 1. The van der Waals surface area contributed by atoms with Crippen molar-refractivity contribution in [2.24, 2.45) is 0 Å². The number of nitrogens with one attached hydrogen (secondary N) is 1. The van der Waals surface area contributed by atoms with Crippen LogP contribution in [-0.2, 0) is 9.59 Å². The molecule has 0 heterocycles. The van der Waals surface area contributed by atoms with E-state index in [9.17, 15) is 9.59 Å². The molecule has 98 valence electrons. The average molecular weight is 251 g/mol. The zero-order chi connectivity index (χ0) is 13.2. The van der Waals surface area contributed by atoms with E-state index in [-0.39, 0.29) is 18.7 Å². The van der Waals surface area contributed by atoms with Gasteiger partial charge >= 0.3 is 5.97 Å². The fourth-order valence-corrected chi connectivity index (χ4v) is 1.36. The van der Waals surface area contributed by atoms with Gasteiger partial charge in [0.2, 0.25) is 5.91 Å². The Morgan fingerprint density at radius 3 is 2.56 bits per heavy atom. The van der Waals surface area contributed by atoms with Gasteiger partial charge in [-0.3, -0.25) is 9.59 Å². The number of hydrogen-bond acceptors (Lipinski definition) is 3. The van der Waals surface area contributed by atoms with Gasteiger partial charge in [-0.05, 0) is 18.6 Å². The number of rotatable bonds is 8. The Morgan fingerprint density at radius 1 is 1.17 bits per heavy atom. The molecule has 0 unspecified atom stereocenters. The van der Waals surface area contributed by atoms with Gasteiger partial charge in [-0.1, -0.05) is 18.2 Å². The van der Waals surface area contributed by atoms with Crippen LogP contribution in [0.5, 0.6) is 5.75 Å². The summed E-state index contributed by atoms with van der Waals surface area (Å²) in [6, 6.07) is 9.33. The first kappa shape index (κ1) is 14.0. The molecular formula is C13H17NO4. The summed E-state index contributed by atoms with van der Waals surface area (Å²) in [6.45, 7) is 0.815. The highest BCUT2D eigenvalue weighted by Crippen LogP contribution is 2.07. The number of carboxylic acid groups (broad SMARTS) is 1. The number of para-hydroxylation sites is 1. The first-order valence-corrected chi connectivity index (χ1v) is 5.85. The van der Waals surface area contributed by atoms with Gasteiger partial charge in [-0.25, -0.2) is 0 Å². The summed E-state index contributed by atoms with van der Waals surface area (Å²) in [4.78, 5) is 21.5. The molecule has 18 heavy (non-hydrogen) atoms. The number of aliphatic carboxylic acids is 1. The molecule has 0 aromatic heterocycles. The third-order valence-corrected chi connectivity index (χ3v) is 2.23. The zero-order valence-corrected chi connectivity index (χ0v) is 10.1. The predicted molar refractivity (Wildman–Crippen MR) is 66.4 cm³/mol. The minimum Gasteiger partial charge on any atom is -0.492 e. The van der Waals surface area contributed by atoms with E-state index in [0.717, 1.165) is 5.75 Å². The van der Waals surface area contributed by atoms with E-state index in [1.807, 2.05) is 30.3 Å². The van der Waals surface area contributed by atoms with E-state index >= 15 is 0 Å². The van der Waals surface area contributed by atoms with Gasteiger partial charge in [0, 0.05) is 12.8 Å². The predicted octanol–water partition coefficient (Wildman–Crippen LogP) is 1.44. The number of amides is 1. The number of benzene rings is 1. The SMILES string of the molecule is O=C(O)CCCC(=O)NCCOc1ccccc1. The van der Waals surface area contributed by atoms with Crippen molar-refractivity contribution in [2.75, 3.05) is 13.2 Å². The highest BCUT2D eigenvalue weighted by atomic mass is 16.5. The van der Waals surface area contributed by atoms with Crippen LogP contribution >= 0.6 is 0 Å². The molecule has 2 N–H and O–H groups in total. The Morgan fingerprint density at radius 2 is 1.89 bits per heavy atom. The van der Waals surface area contributed by atoms with Crippen molar-refractivity contribution >= 4 is 11.9 Å². The van der Waals surface area contributed by atoms with Crippen LogP contribution in [-0.4, -0.2) is 30.1 Å². The second-order valence-electron chi connectivity index (χ2n) is 3.76. The summed E-state index contributed by atoms with van der Waals surface area (Å²) in [5.41, 5.74) is 0. The molecule has 0 bridgehead atoms. The van der Waals surface area contributed by atoms with E-state index in [1.165, 1.54) is 0 Å². The topological polar surface area (TPSA) is 75.6 Å². The molecule has 5 nitrogen and oxygen atoms in total. The Hall–Kier alpha value is -2.04. The van der Waals surface area contributed by atoms with Crippen LogP contribution in [0.1, 0.15) is 19.3 Å². The third-order valence-electron chi connectivity index (χ3n) is 2.23. The minimum absolute atomic E-state index is 0.0218. The van der Waals surface area contributed by atoms with E-state index in [0.29, 0.717) is 19.6 Å². The Bertz CT molecular complexity index is 378. The summed E-state index contributed by atoms with van der Waals surface area (Å²) < 4.78 is 5.39. The van der Waals surface area contributed by atoms with Crippen LogP contribution in [0.25, 0.3) is 0 Å². The van der Waals surface area contributed by atoms with Gasteiger partial charge in [0.05, 0.1) is 6.54 Å². The fourth-order valence-electron chi connectivity index (χ4n) is 1.36. The molecule has 0 saturated heterocycles. The summed E-state index contributed by atoms with van der Waals surface area (Å²) in [6.07, 6.45) is 0.617. The van der Waals surface area contributed by atoms with E-state index in [1.54, 1.807) is 0 Å². The molecule has 0 radical (unpaired) electrons. The van der Waals surface area contributed by atoms with E-state index in [4.69, 9.17) is 9.84 Å². The lowest BCUT2D eigenvalue weighted by atomic mass is 10.2. The lowest BCUT2D eigenvalue weighted by Crippen LogP contribution is -2.27. The lowest BCUT2D eigenvalue weighted by molar-refractivity contribution is -0.137. The molecule has 1 amide bonds. The van der Waals surface area contributed by atoms with Gasteiger partial charge in [-0.2, -0.15) is 0 Å². The first-order chi connectivity index (χ1) is 8.68. The number of ether oxygens (including phenoxy) is 1. The highest BCUT2D eigenvalue weighted by molar-refractivity contribution is 5.76. The first-order valence-electron chi connectivity index (χ1n) is 5.85. The lowest BCUT2D eigenvalue weighted by Gasteiger charge is -2.07. The molecule has 0 atom stereocenters. The van der Waals surface area contributed by atoms with Crippen molar-refractivity contribution in [1.29, 1.82) is 0 Å². The van der Waals surface area contributed by atoms with Gasteiger partial charge in [-0.15, -0.1) is 0 Å². The highest BCUT2D eigenvalue weighted by Gasteiger charge is 2.03. The maximum Gasteiger partial charge on any atom is 0.303 e. The van der Waals surface area contributed by atoms with Gasteiger partial charge < -0.3 is 15.2 Å². The number of hydrogen-bond donors (Lipinski definition) is 2. The Kier molecular flexibility index (Phi) is 6.32. The van der Waals surface area contributed by atoms with Crippen molar-refractivity contribution in [1.82, 2.24) is 5.32 Å². The maximum absolute atomic E-state index is 11.3. The number of carbonyl (C=O) groups is 2. The summed E-state index contributed by atoms with van der Waals surface area (Å²) in [7, 11) is 0. The van der Waals surface area contributed by atoms with E-state index < -0.39 is 5.97 Å². The van der Waals surface area contributed by atoms with Crippen LogP contribution in [0.2, 0.25) is 0 Å². The van der Waals surface area contributed by atoms with Crippen molar-refractivity contribution in [3.05, 3.63) is 30.3 Å². The Labute approximate surface area is 106 Å². The standard InChI is InChI=1S/C13H17NO4/c15-12(7-4-8-13(16)17)14-9-10-18-11-5-2-1-3-6-11/h1-3,5-6H,4,7-10H2,(H,14,15)(H,16,17). The fraction of sp³-hybridized carbons (Fsp3) is 0.385. The zero-order valence-electron chi connectivity index (χ0n) is 10.1. The summed E-state index contributed by atoms with van der Waals surface area (Å²) >= 11 is 0. The van der Waals surface area contributed by atoms with Crippen molar-refractivity contribution < 1.29 is 19.4 Å².